The van der Waals surface area contributed by atoms with Gasteiger partial charge in [-0.1, -0.05) is 32.9 Å². The van der Waals surface area contributed by atoms with Crippen molar-refractivity contribution in [1.29, 1.82) is 10.5 Å². The summed E-state index contributed by atoms with van der Waals surface area (Å²) in [6, 6.07) is 13.4. The van der Waals surface area contributed by atoms with Crippen molar-refractivity contribution in [3.63, 3.8) is 0 Å². The summed E-state index contributed by atoms with van der Waals surface area (Å²) in [4.78, 5) is 0. The van der Waals surface area contributed by atoms with Gasteiger partial charge in [0.05, 0.1) is 38.7 Å². The van der Waals surface area contributed by atoms with E-state index in [-0.39, 0.29) is 35.6 Å². The van der Waals surface area contributed by atoms with Crippen molar-refractivity contribution in [3.05, 3.63) is 58.1 Å². The fraction of sp³-hybridized carbons (Fsp3) is 0.481. The molecule has 2 aliphatic heterocycles. The summed E-state index contributed by atoms with van der Waals surface area (Å²) in [6.45, 7) is 6.50. The normalized spacial score (nSPS) is 32.2. The second kappa shape index (κ2) is 11.5. The Labute approximate surface area is 263 Å². The lowest BCUT2D eigenvalue weighted by atomic mass is 9.38. The number of nitriles is 2. The summed E-state index contributed by atoms with van der Waals surface area (Å²) in [5.74, 6) is 2.28. The minimum atomic E-state index is -0.517. The van der Waals surface area contributed by atoms with E-state index in [1.807, 2.05) is 0 Å². The van der Waals surface area contributed by atoms with Gasteiger partial charge in [0.1, 0.15) is 23.6 Å². The van der Waals surface area contributed by atoms with Gasteiger partial charge >= 0.3 is 0 Å². The van der Waals surface area contributed by atoms with Gasteiger partial charge in [0, 0.05) is 60.8 Å². The van der Waals surface area contributed by atoms with Crippen molar-refractivity contribution in [2.45, 2.75) is 61.9 Å². The highest BCUT2D eigenvalue weighted by atomic mass is 16.5. The largest absolute Gasteiger partial charge is 0.457 e. The Bertz CT molecular complexity index is 1450. The van der Waals surface area contributed by atoms with Crippen LogP contribution in [-0.2, 0) is 19.3 Å². The van der Waals surface area contributed by atoms with Crippen molar-refractivity contribution in [2.24, 2.45) is 17.3 Å². The van der Waals surface area contributed by atoms with Crippen molar-refractivity contribution in [3.8, 4) is 23.6 Å². The molecule has 3 fully saturated rings. The average molecular weight is 523 g/mol. The van der Waals surface area contributed by atoms with Crippen LogP contribution in [0, 0.1) is 39.9 Å². The Morgan fingerprint density at radius 1 is 0.810 bits per heavy atom. The van der Waals surface area contributed by atoms with Crippen LogP contribution in [0.2, 0.25) is 21.9 Å². The smallest absolute Gasteiger partial charge is 0.133 e. The molecule has 6 unspecified atom stereocenters. The number of ether oxygens (including phenoxy) is 1. The molecule has 16 radical (unpaired) electrons. The maximum Gasteiger partial charge on any atom is 0.133 e. The van der Waals surface area contributed by atoms with E-state index in [2.05, 4.69) is 45.0 Å². The molecule has 15 heteroatoms. The lowest BCUT2D eigenvalue weighted by Gasteiger charge is -2.26. The van der Waals surface area contributed by atoms with E-state index in [4.69, 9.17) is 51.2 Å². The topological polar surface area (TPSA) is 56.8 Å². The summed E-state index contributed by atoms with van der Waals surface area (Å²) >= 11 is 0. The van der Waals surface area contributed by atoms with E-state index in [1.54, 1.807) is 46.9 Å². The Hall–Kier alpha value is -2.00. The molecule has 2 aromatic rings. The highest BCUT2D eigenvalue weighted by molar-refractivity contribution is 7.29. The number of nitrogens with zero attached hydrogens (tertiary/aromatic N) is 2. The molecule has 1 saturated carbocycles. The molecule has 0 amide bonds. The van der Waals surface area contributed by atoms with Crippen LogP contribution in [0.4, 0.5) is 0 Å². The van der Waals surface area contributed by atoms with Crippen molar-refractivity contribution in [2.75, 3.05) is 0 Å². The van der Waals surface area contributed by atoms with Crippen molar-refractivity contribution in [1.82, 2.24) is 0 Å². The van der Waals surface area contributed by atoms with Crippen LogP contribution < -0.4 is 4.74 Å². The van der Waals surface area contributed by atoms with E-state index in [0.717, 1.165) is 23.1 Å². The quantitative estimate of drug-likeness (QED) is 0.398. The second-order valence-corrected chi connectivity index (χ2v) is 12.9. The number of rotatable bonds is 12. The van der Waals surface area contributed by atoms with Crippen LogP contribution in [0.1, 0.15) is 48.6 Å². The van der Waals surface area contributed by atoms with Crippen LogP contribution in [0.25, 0.3) is 0 Å². The van der Waals surface area contributed by atoms with Gasteiger partial charge in [0.2, 0.25) is 0 Å². The fourth-order valence-electron chi connectivity index (χ4n) is 7.38. The molecular weight excluding hydrogens is 499 g/mol. The van der Waals surface area contributed by atoms with Gasteiger partial charge < -0.3 is 4.74 Å². The zero-order valence-corrected chi connectivity index (χ0v) is 24.5. The summed E-state index contributed by atoms with van der Waals surface area (Å²) in [7, 11) is 43.9. The van der Waals surface area contributed by atoms with Gasteiger partial charge in [0.25, 0.3) is 0 Å². The monoisotopic (exact) mass is 524 g/mol. The highest BCUT2D eigenvalue weighted by Crippen LogP contribution is 2.65. The van der Waals surface area contributed by atoms with Crippen LogP contribution in [0.3, 0.4) is 0 Å². The maximum absolute atomic E-state index is 9.65. The third-order valence-corrected chi connectivity index (χ3v) is 11.1. The van der Waals surface area contributed by atoms with Gasteiger partial charge in [-0.2, -0.15) is 10.5 Å². The first-order chi connectivity index (χ1) is 20.0. The lowest BCUT2D eigenvalue weighted by molar-refractivity contribution is 0.443. The van der Waals surface area contributed by atoms with Crippen LogP contribution in [0.5, 0.6) is 11.5 Å². The van der Waals surface area contributed by atoms with Gasteiger partial charge in [-0.25, -0.2) is 0 Å². The van der Waals surface area contributed by atoms with E-state index < -0.39 is 10.4 Å². The zero-order valence-electron chi connectivity index (χ0n) is 24.5. The third kappa shape index (κ3) is 5.00. The molecule has 5 rings (SSSR count). The molecule has 184 valence electrons. The van der Waals surface area contributed by atoms with Gasteiger partial charge in [0.15, 0.2) is 0 Å². The molecule has 3 nitrogen and oxygen atoms in total. The van der Waals surface area contributed by atoms with Gasteiger partial charge in [-0.3, -0.25) is 0 Å². The Balaban J connectivity index is 1.64. The molecule has 3 aliphatic rings. The molecule has 0 aromatic heterocycles. The highest BCUT2D eigenvalue weighted by Gasteiger charge is 2.60. The Morgan fingerprint density at radius 3 is 1.79 bits per heavy atom. The van der Waals surface area contributed by atoms with Crippen molar-refractivity contribution < 1.29 is 4.74 Å². The van der Waals surface area contributed by atoms with E-state index in [9.17, 15) is 10.5 Å². The maximum atomic E-state index is 9.65. The fourth-order valence-corrected chi connectivity index (χ4v) is 7.38. The summed E-state index contributed by atoms with van der Waals surface area (Å²) in [6.07, 6.45) is 1.93. The first-order valence-electron chi connectivity index (χ1n) is 14.5. The Kier molecular flexibility index (Phi) is 8.60. The second-order valence-electron chi connectivity index (χ2n) is 12.9. The molecule has 2 heterocycles. The summed E-state index contributed by atoms with van der Waals surface area (Å²) in [5, 5.41) is 18.1. The number of benzene rings is 2. The molecule has 42 heavy (non-hydrogen) atoms. The molecule has 2 saturated heterocycles. The molecule has 0 N–H and O–H groups in total. The lowest BCUT2D eigenvalue weighted by Crippen LogP contribution is -2.19. The molecule has 2 aromatic carbocycles. The molecule has 1 aliphatic carbocycles. The standard InChI is InChI=1S/C27H24B12N2O/c1-14-15(2)25(14,3)10-18-6-16(9-26(36-30)23(34-28)38(26)32)7-19(11-27(37-31)24(35-29)39(27)33)22(18)42-21-5-4-17(12-40)20(8-21)13-41/h4-8,14-15,23-24H,9-11H2,1-3H3/i34+0,35+0,36+0,37+0,38+0,39+0. The van der Waals surface area contributed by atoms with Crippen LogP contribution in [-0.4, -0.2) is 88.3 Å². The zero-order chi connectivity index (χ0) is 30.6. The van der Waals surface area contributed by atoms with Crippen LogP contribution in [0.15, 0.2) is 30.3 Å². The molecular formula is C27H24B12N2O. The number of hydrogen-bond donors (Lipinski definition) is 0. The van der Waals surface area contributed by atoms with E-state index >= 15 is 0 Å². The first-order valence-corrected chi connectivity index (χ1v) is 14.5. The van der Waals surface area contributed by atoms with Crippen LogP contribution >= 0.6 is 0 Å². The van der Waals surface area contributed by atoms with E-state index in [1.165, 1.54) is 0 Å². The molecule has 0 spiro atoms. The average Bonchev–Trinajstić information content (AvgIpc) is 3.88. The molecule has 0 bridgehead atoms. The minimum absolute atomic E-state index is 0.00818. The third-order valence-electron chi connectivity index (χ3n) is 11.1. The SMILES string of the molecule is [B][11B]C1[11B]([B])C1([11B][B])Cc1cc(CC2([11B][B])[11B]([B])C2[11B][B])c(Oc2ccc(C#N)c(C#N)c2)c(CC2(C)C(C)C2C)c1. The predicted octanol–water partition coefficient (Wildman–Crippen LogP) is 1.69. The first kappa shape index (κ1) is 31.4. The van der Waals surface area contributed by atoms with E-state index in [0.29, 0.717) is 41.7 Å². The summed E-state index contributed by atoms with van der Waals surface area (Å²) in [5.41, 5.74) is 3.63. The number of hydrogen-bond acceptors (Lipinski definition) is 3. The van der Waals surface area contributed by atoms with Crippen molar-refractivity contribution >= 4 is 88.3 Å². The molecule has 6 atom stereocenters. The summed E-state index contributed by atoms with van der Waals surface area (Å²) < 4.78 is 6.66. The minimum Gasteiger partial charge on any atom is -0.457 e. The predicted molar refractivity (Wildman–Crippen MR) is 182 cm³/mol. The van der Waals surface area contributed by atoms with Gasteiger partial charge in [-0.15, -0.1) is 21.9 Å². The van der Waals surface area contributed by atoms with Gasteiger partial charge in [-0.05, 0) is 71.4 Å². The Morgan fingerprint density at radius 2 is 1.33 bits per heavy atom.